The molecule has 0 aliphatic carbocycles. The van der Waals surface area contributed by atoms with Gasteiger partial charge in [-0.1, -0.05) is 0 Å². The Kier molecular flexibility index (Phi) is 3.19. The lowest BCUT2D eigenvalue weighted by molar-refractivity contribution is 0.509. The molecule has 0 atom stereocenters. The van der Waals surface area contributed by atoms with E-state index in [0.717, 1.165) is 17.5 Å². The van der Waals surface area contributed by atoms with E-state index >= 15 is 0 Å². The van der Waals surface area contributed by atoms with Crippen LogP contribution in [-0.4, -0.2) is 16.3 Å². The van der Waals surface area contributed by atoms with Gasteiger partial charge in [-0.25, -0.2) is 8.78 Å². The zero-order valence-corrected chi connectivity index (χ0v) is 9.45. The Bertz CT molecular complexity index is 535. The van der Waals surface area contributed by atoms with Crippen molar-refractivity contribution < 1.29 is 8.78 Å². The quantitative estimate of drug-likeness (QED) is 0.888. The van der Waals surface area contributed by atoms with Gasteiger partial charge in [-0.2, -0.15) is 5.10 Å². The molecule has 1 heterocycles. The monoisotopic (exact) mass is 237 g/mol. The SMILES string of the molecule is Cc1cc(-c2ccc(F)c(F)c2)n(CCN)n1. The minimum Gasteiger partial charge on any atom is -0.329 e. The first kappa shape index (κ1) is 11.7. The maximum Gasteiger partial charge on any atom is 0.159 e. The highest BCUT2D eigenvalue weighted by molar-refractivity contribution is 5.60. The number of hydrogen-bond acceptors (Lipinski definition) is 2. The minimum atomic E-state index is -0.861. The van der Waals surface area contributed by atoms with Crippen LogP contribution >= 0.6 is 0 Å². The summed E-state index contributed by atoms with van der Waals surface area (Å²) in [5, 5.41) is 4.25. The Morgan fingerprint density at radius 1 is 1.24 bits per heavy atom. The Morgan fingerprint density at radius 2 is 2.00 bits per heavy atom. The normalized spacial score (nSPS) is 10.8. The second kappa shape index (κ2) is 4.63. The van der Waals surface area contributed by atoms with Crippen molar-refractivity contribution in [3.63, 3.8) is 0 Å². The third-order valence-corrected chi connectivity index (χ3v) is 2.46. The number of nitrogens with two attached hydrogens (primary N) is 1. The molecule has 17 heavy (non-hydrogen) atoms. The van der Waals surface area contributed by atoms with Crippen molar-refractivity contribution in [1.82, 2.24) is 9.78 Å². The molecule has 1 aromatic heterocycles. The van der Waals surface area contributed by atoms with Crippen LogP contribution in [0.2, 0.25) is 0 Å². The fourth-order valence-electron chi connectivity index (χ4n) is 1.73. The van der Waals surface area contributed by atoms with Crippen LogP contribution < -0.4 is 5.73 Å². The lowest BCUT2D eigenvalue weighted by Crippen LogP contribution is -2.12. The highest BCUT2D eigenvalue weighted by atomic mass is 19.2. The van der Waals surface area contributed by atoms with Gasteiger partial charge >= 0.3 is 0 Å². The molecule has 5 heteroatoms. The Labute approximate surface area is 97.9 Å². The summed E-state index contributed by atoms with van der Waals surface area (Å²) in [6.45, 7) is 2.83. The highest BCUT2D eigenvalue weighted by Gasteiger charge is 2.10. The molecule has 1 aromatic carbocycles. The lowest BCUT2D eigenvalue weighted by atomic mass is 10.1. The van der Waals surface area contributed by atoms with Crippen LogP contribution in [0.4, 0.5) is 8.78 Å². The summed E-state index contributed by atoms with van der Waals surface area (Å²) in [6.07, 6.45) is 0. The molecule has 0 fully saturated rings. The van der Waals surface area contributed by atoms with Crippen LogP contribution in [0.15, 0.2) is 24.3 Å². The number of aromatic nitrogens is 2. The third-order valence-electron chi connectivity index (χ3n) is 2.46. The van der Waals surface area contributed by atoms with E-state index in [4.69, 9.17) is 5.73 Å². The van der Waals surface area contributed by atoms with Crippen molar-refractivity contribution in [2.75, 3.05) is 6.54 Å². The van der Waals surface area contributed by atoms with E-state index < -0.39 is 11.6 Å². The zero-order chi connectivity index (χ0) is 12.4. The van der Waals surface area contributed by atoms with Gasteiger partial charge in [0.1, 0.15) is 0 Å². The average molecular weight is 237 g/mol. The molecule has 3 nitrogen and oxygen atoms in total. The first-order valence-electron chi connectivity index (χ1n) is 5.32. The van der Waals surface area contributed by atoms with Gasteiger partial charge in [0.05, 0.1) is 17.9 Å². The summed E-state index contributed by atoms with van der Waals surface area (Å²) in [5.41, 5.74) is 7.63. The molecule has 0 saturated carbocycles. The maximum absolute atomic E-state index is 13.2. The summed E-state index contributed by atoms with van der Waals surface area (Å²) in [5.74, 6) is -1.71. The maximum atomic E-state index is 13.2. The number of nitrogens with zero attached hydrogens (tertiary/aromatic N) is 2. The van der Waals surface area contributed by atoms with E-state index in [9.17, 15) is 8.78 Å². The fraction of sp³-hybridized carbons (Fsp3) is 0.250. The van der Waals surface area contributed by atoms with Crippen LogP contribution in [0.1, 0.15) is 5.69 Å². The lowest BCUT2D eigenvalue weighted by Gasteiger charge is -2.06. The number of hydrogen-bond donors (Lipinski definition) is 1. The number of halogens is 2. The molecule has 2 aromatic rings. The van der Waals surface area contributed by atoms with Crippen LogP contribution in [0.5, 0.6) is 0 Å². The third kappa shape index (κ3) is 2.34. The Morgan fingerprint density at radius 3 is 2.65 bits per heavy atom. The molecule has 0 amide bonds. The second-order valence-corrected chi connectivity index (χ2v) is 3.81. The number of rotatable bonds is 3. The van der Waals surface area contributed by atoms with Gasteiger partial charge in [0.15, 0.2) is 11.6 Å². The van der Waals surface area contributed by atoms with E-state index in [0.29, 0.717) is 18.7 Å². The van der Waals surface area contributed by atoms with Crippen LogP contribution in [0.25, 0.3) is 11.3 Å². The van der Waals surface area contributed by atoms with Gasteiger partial charge < -0.3 is 5.73 Å². The largest absolute Gasteiger partial charge is 0.329 e. The summed E-state index contributed by atoms with van der Waals surface area (Å²) in [7, 11) is 0. The van der Waals surface area contributed by atoms with Crippen LogP contribution in [0, 0.1) is 18.6 Å². The number of aryl methyl sites for hydroxylation is 1. The van der Waals surface area contributed by atoms with E-state index in [2.05, 4.69) is 5.10 Å². The second-order valence-electron chi connectivity index (χ2n) is 3.81. The molecule has 0 aliphatic heterocycles. The molecule has 0 bridgehead atoms. The van der Waals surface area contributed by atoms with Gasteiger partial charge in [-0.15, -0.1) is 0 Å². The van der Waals surface area contributed by atoms with Crippen molar-refractivity contribution in [3.05, 3.63) is 41.6 Å². The molecule has 2 N–H and O–H groups in total. The molecule has 0 unspecified atom stereocenters. The van der Waals surface area contributed by atoms with Crippen molar-refractivity contribution in [3.8, 4) is 11.3 Å². The molecular weight excluding hydrogens is 224 g/mol. The minimum absolute atomic E-state index is 0.442. The topological polar surface area (TPSA) is 43.8 Å². The smallest absolute Gasteiger partial charge is 0.159 e. The fourth-order valence-corrected chi connectivity index (χ4v) is 1.73. The number of benzene rings is 1. The van der Waals surface area contributed by atoms with Crippen LogP contribution in [-0.2, 0) is 6.54 Å². The molecule has 0 aliphatic rings. The van der Waals surface area contributed by atoms with Gasteiger partial charge in [-0.05, 0) is 31.2 Å². The Hall–Kier alpha value is -1.75. The predicted molar refractivity (Wildman–Crippen MR) is 61.4 cm³/mol. The Balaban J connectivity index is 2.47. The van der Waals surface area contributed by atoms with Crippen molar-refractivity contribution in [2.45, 2.75) is 13.5 Å². The molecule has 0 spiro atoms. The average Bonchev–Trinajstić information content (AvgIpc) is 2.64. The highest BCUT2D eigenvalue weighted by Crippen LogP contribution is 2.22. The standard InChI is InChI=1S/C12H13F2N3/c1-8-6-12(17(16-8)5-4-15)9-2-3-10(13)11(14)7-9/h2-3,6-7H,4-5,15H2,1H3. The predicted octanol–water partition coefficient (Wildman–Crippen LogP) is 2.10. The van der Waals surface area contributed by atoms with Gasteiger partial charge in [0.25, 0.3) is 0 Å². The van der Waals surface area contributed by atoms with Gasteiger partial charge in [-0.3, -0.25) is 4.68 Å². The van der Waals surface area contributed by atoms with E-state index in [1.54, 1.807) is 4.68 Å². The first-order chi connectivity index (χ1) is 8.11. The zero-order valence-electron chi connectivity index (χ0n) is 9.45. The van der Waals surface area contributed by atoms with Crippen LogP contribution in [0.3, 0.4) is 0 Å². The van der Waals surface area contributed by atoms with Gasteiger partial charge in [0, 0.05) is 12.1 Å². The van der Waals surface area contributed by atoms with E-state index in [1.807, 2.05) is 13.0 Å². The summed E-state index contributed by atoms with van der Waals surface area (Å²) < 4.78 is 27.7. The molecule has 0 saturated heterocycles. The summed E-state index contributed by atoms with van der Waals surface area (Å²) in [4.78, 5) is 0. The molecule has 90 valence electrons. The first-order valence-corrected chi connectivity index (χ1v) is 5.32. The summed E-state index contributed by atoms with van der Waals surface area (Å²) in [6, 6.07) is 5.63. The van der Waals surface area contributed by atoms with Crippen molar-refractivity contribution >= 4 is 0 Å². The molecule has 2 rings (SSSR count). The molecular formula is C12H13F2N3. The van der Waals surface area contributed by atoms with E-state index in [1.165, 1.54) is 12.1 Å². The van der Waals surface area contributed by atoms with Crippen molar-refractivity contribution in [2.24, 2.45) is 5.73 Å². The molecule has 0 radical (unpaired) electrons. The van der Waals surface area contributed by atoms with E-state index in [-0.39, 0.29) is 0 Å². The summed E-state index contributed by atoms with van der Waals surface area (Å²) >= 11 is 0. The van der Waals surface area contributed by atoms with Crippen molar-refractivity contribution in [1.29, 1.82) is 0 Å². The van der Waals surface area contributed by atoms with Gasteiger partial charge in [0.2, 0.25) is 0 Å².